The van der Waals surface area contributed by atoms with Crippen LogP contribution in [0, 0.1) is 0 Å². The van der Waals surface area contributed by atoms with Crippen LogP contribution in [-0.4, -0.2) is 28.2 Å². The summed E-state index contributed by atoms with van der Waals surface area (Å²) < 4.78 is 1.30. The average Bonchev–Trinajstić information content (AvgIpc) is 2.21. The molecule has 0 unspecified atom stereocenters. The first kappa shape index (κ1) is 11.9. The van der Waals surface area contributed by atoms with Gasteiger partial charge in [0.15, 0.2) is 6.61 Å². The Bertz CT molecular complexity index is 465. The first-order valence-electron chi connectivity index (χ1n) is 4.31. The largest absolute Gasteiger partial charge is 0.479 e. The first-order valence-corrected chi connectivity index (χ1v) is 4.31. The summed E-state index contributed by atoms with van der Waals surface area (Å²) in [6, 6.07) is 2.54. The van der Waals surface area contributed by atoms with Crippen LogP contribution >= 0.6 is 0 Å². The highest BCUT2D eigenvalue weighted by Gasteiger charge is 2.07. The molecule has 0 aromatic carbocycles. The number of carbonyl (C=O) groups excluding carboxylic acids is 1. The van der Waals surface area contributed by atoms with E-state index in [9.17, 15) is 14.4 Å². The molecular weight excluding hydrogens is 216 g/mol. The van der Waals surface area contributed by atoms with Crippen LogP contribution in [0.1, 0.15) is 10.4 Å². The van der Waals surface area contributed by atoms with Gasteiger partial charge in [-0.3, -0.25) is 14.4 Å². The maximum atomic E-state index is 11.3. The Hall–Kier alpha value is -2.15. The van der Waals surface area contributed by atoms with E-state index in [0.717, 1.165) is 6.07 Å². The summed E-state index contributed by atoms with van der Waals surface area (Å²) in [5, 5.41) is 8.25. The number of carbonyl (C=O) groups is 2. The Morgan fingerprint density at radius 3 is 2.81 bits per heavy atom. The van der Waals surface area contributed by atoms with Crippen LogP contribution in [0.3, 0.4) is 0 Å². The maximum absolute atomic E-state index is 11.3. The van der Waals surface area contributed by atoms with Crippen LogP contribution in [0.15, 0.2) is 23.1 Å². The van der Waals surface area contributed by atoms with E-state index in [2.05, 4.69) is 4.84 Å². The van der Waals surface area contributed by atoms with Crippen LogP contribution < -0.4 is 11.0 Å². The van der Waals surface area contributed by atoms with Crippen molar-refractivity contribution in [2.75, 3.05) is 6.61 Å². The highest BCUT2D eigenvalue weighted by atomic mass is 16.7. The van der Waals surface area contributed by atoms with Crippen molar-refractivity contribution in [3.05, 3.63) is 34.2 Å². The maximum Gasteiger partial charge on any atom is 0.332 e. The fourth-order valence-corrected chi connectivity index (χ4v) is 0.912. The van der Waals surface area contributed by atoms with Crippen LogP contribution in [0.4, 0.5) is 0 Å². The van der Waals surface area contributed by atoms with Crippen molar-refractivity contribution in [3.8, 4) is 0 Å². The summed E-state index contributed by atoms with van der Waals surface area (Å²) in [6.07, 6.45) is 1.43. The van der Waals surface area contributed by atoms with E-state index in [4.69, 9.17) is 5.11 Å². The minimum absolute atomic E-state index is 0.105. The van der Waals surface area contributed by atoms with Gasteiger partial charge in [0.1, 0.15) is 0 Å². The summed E-state index contributed by atoms with van der Waals surface area (Å²) in [5.41, 5.74) is 1.67. The van der Waals surface area contributed by atoms with Gasteiger partial charge in [-0.1, -0.05) is 0 Å². The van der Waals surface area contributed by atoms with E-state index in [1.165, 1.54) is 16.8 Å². The molecule has 0 spiro atoms. The van der Waals surface area contributed by atoms with E-state index in [-0.39, 0.29) is 11.1 Å². The SMILES string of the molecule is Cn1ccc(C(=O)NOCC(=O)O)cc1=O. The summed E-state index contributed by atoms with van der Waals surface area (Å²) in [7, 11) is 1.55. The third kappa shape index (κ3) is 3.21. The van der Waals surface area contributed by atoms with E-state index >= 15 is 0 Å². The normalized spacial score (nSPS) is 9.81. The second-order valence-corrected chi connectivity index (χ2v) is 2.98. The van der Waals surface area contributed by atoms with Gasteiger partial charge >= 0.3 is 5.97 Å². The molecule has 0 fully saturated rings. The number of aryl methyl sites for hydroxylation is 1. The van der Waals surface area contributed by atoms with E-state index in [0.29, 0.717) is 0 Å². The Kier molecular flexibility index (Phi) is 3.78. The summed E-state index contributed by atoms with van der Waals surface area (Å²) in [4.78, 5) is 36.9. The number of hydroxylamine groups is 1. The topological polar surface area (TPSA) is 97.6 Å². The molecule has 7 nitrogen and oxygen atoms in total. The molecule has 2 N–H and O–H groups in total. The molecule has 1 amide bonds. The second kappa shape index (κ2) is 5.08. The predicted octanol–water partition coefficient (Wildman–Crippen LogP) is -0.869. The molecule has 0 bridgehead atoms. The van der Waals surface area contributed by atoms with Gasteiger partial charge in [-0.15, -0.1) is 0 Å². The zero-order valence-electron chi connectivity index (χ0n) is 8.47. The summed E-state index contributed by atoms with van der Waals surface area (Å²) >= 11 is 0. The lowest BCUT2D eigenvalue weighted by molar-refractivity contribution is -0.144. The molecule has 0 aliphatic carbocycles. The van der Waals surface area contributed by atoms with Gasteiger partial charge in [0.2, 0.25) is 0 Å². The van der Waals surface area contributed by atoms with Crippen molar-refractivity contribution in [1.29, 1.82) is 0 Å². The Balaban J connectivity index is 2.63. The third-order valence-electron chi connectivity index (χ3n) is 1.73. The Morgan fingerprint density at radius 1 is 1.56 bits per heavy atom. The van der Waals surface area contributed by atoms with Crippen LogP contribution in [-0.2, 0) is 16.7 Å². The number of pyridine rings is 1. The van der Waals surface area contributed by atoms with E-state index in [1.54, 1.807) is 7.05 Å². The molecule has 0 aliphatic heterocycles. The number of carboxylic acids is 1. The lowest BCUT2D eigenvalue weighted by atomic mass is 10.2. The van der Waals surface area contributed by atoms with Crippen LogP contribution in [0.5, 0.6) is 0 Å². The second-order valence-electron chi connectivity index (χ2n) is 2.98. The number of nitrogens with zero attached hydrogens (tertiary/aromatic N) is 1. The molecule has 1 aromatic heterocycles. The fourth-order valence-electron chi connectivity index (χ4n) is 0.912. The average molecular weight is 226 g/mol. The van der Waals surface area contributed by atoms with Crippen molar-refractivity contribution < 1.29 is 19.5 Å². The van der Waals surface area contributed by atoms with Gasteiger partial charge in [0.05, 0.1) is 0 Å². The quantitative estimate of drug-likeness (QED) is 0.650. The van der Waals surface area contributed by atoms with Gasteiger partial charge in [-0.05, 0) is 6.07 Å². The molecule has 0 saturated heterocycles. The highest BCUT2D eigenvalue weighted by Crippen LogP contribution is 1.93. The highest BCUT2D eigenvalue weighted by molar-refractivity contribution is 5.93. The van der Waals surface area contributed by atoms with Gasteiger partial charge in [-0.2, -0.15) is 0 Å². The van der Waals surface area contributed by atoms with Crippen molar-refractivity contribution in [2.45, 2.75) is 0 Å². The molecule has 1 aromatic rings. The first-order chi connectivity index (χ1) is 7.50. The lowest BCUT2D eigenvalue weighted by Crippen LogP contribution is -2.28. The Morgan fingerprint density at radius 2 is 2.25 bits per heavy atom. The number of rotatable bonds is 4. The van der Waals surface area contributed by atoms with Gasteiger partial charge < -0.3 is 9.67 Å². The number of hydrogen-bond donors (Lipinski definition) is 2. The smallest absolute Gasteiger partial charge is 0.332 e. The van der Waals surface area contributed by atoms with E-state index < -0.39 is 18.5 Å². The molecule has 86 valence electrons. The molecule has 0 atom stereocenters. The standard InChI is InChI=1S/C9H10N2O5/c1-11-3-2-6(4-7(11)12)9(15)10-16-5-8(13)14/h2-4H,5H2,1H3,(H,10,15)(H,13,14). The summed E-state index contributed by atoms with van der Waals surface area (Å²) in [5.74, 6) is -1.87. The van der Waals surface area contributed by atoms with Crippen molar-refractivity contribution >= 4 is 11.9 Å². The minimum Gasteiger partial charge on any atom is -0.479 e. The molecular formula is C9H10N2O5. The monoisotopic (exact) mass is 226 g/mol. The molecule has 0 radical (unpaired) electrons. The molecule has 1 heterocycles. The zero-order chi connectivity index (χ0) is 12.1. The molecule has 16 heavy (non-hydrogen) atoms. The third-order valence-corrected chi connectivity index (χ3v) is 1.73. The van der Waals surface area contributed by atoms with Crippen LogP contribution in [0.25, 0.3) is 0 Å². The van der Waals surface area contributed by atoms with Gasteiger partial charge in [0.25, 0.3) is 11.5 Å². The molecule has 0 saturated carbocycles. The number of carboxylic acid groups (broad SMARTS) is 1. The fraction of sp³-hybridized carbons (Fsp3) is 0.222. The molecule has 7 heteroatoms. The molecule has 1 rings (SSSR count). The lowest BCUT2D eigenvalue weighted by Gasteiger charge is -2.04. The van der Waals surface area contributed by atoms with Crippen molar-refractivity contribution in [1.82, 2.24) is 10.0 Å². The van der Waals surface area contributed by atoms with E-state index in [1.807, 2.05) is 5.48 Å². The van der Waals surface area contributed by atoms with Gasteiger partial charge in [0, 0.05) is 24.9 Å². The Labute approximate surface area is 90.2 Å². The predicted molar refractivity (Wildman–Crippen MR) is 52.7 cm³/mol. The zero-order valence-corrected chi connectivity index (χ0v) is 8.47. The number of aromatic nitrogens is 1. The van der Waals surface area contributed by atoms with Crippen molar-refractivity contribution in [2.24, 2.45) is 7.05 Å². The summed E-state index contributed by atoms with van der Waals surface area (Å²) in [6.45, 7) is -0.642. The van der Waals surface area contributed by atoms with Gasteiger partial charge in [-0.25, -0.2) is 10.3 Å². The molecule has 0 aliphatic rings. The number of hydrogen-bond acceptors (Lipinski definition) is 4. The van der Waals surface area contributed by atoms with Crippen LogP contribution in [0.2, 0.25) is 0 Å². The number of aliphatic carboxylic acids is 1. The minimum atomic E-state index is -1.20. The van der Waals surface area contributed by atoms with Crippen molar-refractivity contribution in [3.63, 3.8) is 0 Å². The number of amides is 1. The number of nitrogens with one attached hydrogen (secondary N) is 1.